The number of nitrogens with zero attached hydrogens (tertiary/aromatic N) is 2. The predicted octanol–water partition coefficient (Wildman–Crippen LogP) is 1.43. The third-order valence-corrected chi connectivity index (χ3v) is 2.63. The van der Waals surface area contributed by atoms with Gasteiger partial charge in [-0.1, -0.05) is 11.9 Å². The van der Waals surface area contributed by atoms with Crippen LogP contribution in [0.5, 0.6) is 0 Å². The Morgan fingerprint density at radius 2 is 2.40 bits per heavy atom. The van der Waals surface area contributed by atoms with E-state index in [0.29, 0.717) is 0 Å². The molecule has 10 heavy (non-hydrogen) atoms. The second-order valence-electron chi connectivity index (χ2n) is 2.44. The number of hydrogen-bond donors (Lipinski definition) is 0. The Hall–Kier alpha value is -0.0200. The summed E-state index contributed by atoms with van der Waals surface area (Å²) in [7, 11) is 1.89. The van der Waals surface area contributed by atoms with Crippen LogP contribution in [0.15, 0.2) is 4.99 Å². The van der Waals surface area contributed by atoms with Crippen LogP contribution in [0.3, 0.4) is 0 Å². The van der Waals surface area contributed by atoms with Crippen LogP contribution in [0, 0.1) is 0 Å². The second-order valence-corrected chi connectivity index (χ2v) is 3.32. The van der Waals surface area contributed by atoms with Crippen molar-refractivity contribution < 1.29 is 0 Å². The molecule has 0 aromatic heterocycles. The van der Waals surface area contributed by atoms with Gasteiger partial charge in [0.15, 0.2) is 0 Å². The molecule has 0 aliphatic carbocycles. The SMILES string of the molecule is CN=C1CCCN(SC)C1. The highest BCUT2D eigenvalue weighted by atomic mass is 32.2. The van der Waals surface area contributed by atoms with Crippen LogP contribution in [-0.2, 0) is 0 Å². The largest absolute Gasteiger partial charge is 0.296 e. The van der Waals surface area contributed by atoms with Crippen LogP contribution < -0.4 is 0 Å². The van der Waals surface area contributed by atoms with Gasteiger partial charge in [0, 0.05) is 25.8 Å². The second kappa shape index (κ2) is 3.98. The van der Waals surface area contributed by atoms with Crippen molar-refractivity contribution in [1.82, 2.24) is 4.31 Å². The Bertz CT molecular complexity index is 134. The van der Waals surface area contributed by atoms with Gasteiger partial charge in [-0.3, -0.25) is 4.99 Å². The maximum atomic E-state index is 4.21. The zero-order valence-corrected chi connectivity index (χ0v) is 7.45. The van der Waals surface area contributed by atoms with E-state index in [1.54, 1.807) is 0 Å². The Balaban J connectivity index is 2.39. The van der Waals surface area contributed by atoms with Crippen molar-refractivity contribution in [2.24, 2.45) is 4.99 Å². The Morgan fingerprint density at radius 1 is 1.60 bits per heavy atom. The Morgan fingerprint density at radius 3 is 3.00 bits per heavy atom. The van der Waals surface area contributed by atoms with Crippen molar-refractivity contribution in [3.63, 3.8) is 0 Å². The molecule has 0 unspecified atom stereocenters. The summed E-state index contributed by atoms with van der Waals surface area (Å²) in [5, 5.41) is 0. The highest BCUT2D eigenvalue weighted by Crippen LogP contribution is 2.13. The molecule has 1 aliphatic heterocycles. The first-order valence-electron chi connectivity index (χ1n) is 3.60. The number of piperidine rings is 1. The molecule has 0 bridgehead atoms. The average Bonchev–Trinajstić information content (AvgIpc) is 2.05. The van der Waals surface area contributed by atoms with Gasteiger partial charge in [0.2, 0.25) is 0 Å². The molecule has 1 rings (SSSR count). The molecule has 0 radical (unpaired) electrons. The van der Waals surface area contributed by atoms with Gasteiger partial charge in [0.05, 0.1) is 0 Å². The van der Waals surface area contributed by atoms with E-state index in [9.17, 15) is 0 Å². The molecular formula is C7H14N2S. The zero-order chi connectivity index (χ0) is 7.40. The quantitative estimate of drug-likeness (QED) is 0.536. The summed E-state index contributed by atoms with van der Waals surface area (Å²) < 4.78 is 2.35. The topological polar surface area (TPSA) is 15.6 Å². The Labute approximate surface area is 66.8 Å². The molecule has 0 saturated carbocycles. The van der Waals surface area contributed by atoms with Gasteiger partial charge >= 0.3 is 0 Å². The van der Waals surface area contributed by atoms with Gasteiger partial charge < -0.3 is 0 Å². The van der Waals surface area contributed by atoms with Gasteiger partial charge in [0.1, 0.15) is 0 Å². The van der Waals surface area contributed by atoms with Gasteiger partial charge in [0.25, 0.3) is 0 Å². The normalized spacial score (nSPS) is 25.6. The minimum Gasteiger partial charge on any atom is -0.296 e. The van der Waals surface area contributed by atoms with E-state index in [2.05, 4.69) is 15.6 Å². The molecule has 58 valence electrons. The maximum Gasteiger partial charge on any atom is 0.0470 e. The highest BCUT2D eigenvalue weighted by molar-refractivity contribution is 7.96. The lowest BCUT2D eigenvalue weighted by Crippen LogP contribution is -2.30. The van der Waals surface area contributed by atoms with E-state index in [0.717, 1.165) is 6.54 Å². The zero-order valence-electron chi connectivity index (χ0n) is 6.63. The van der Waals surface area contributed by atoms with E-state index < -0.39 is 0 Å². The average molecular weight is 158 g/mol. The molecule has 0 aromatic carbocycles. The van der Waals surface area contributed by atoms with Crippen molar-refractivity contribution >= 4 is 17.7 Å². The first kappa shape index (κ1) is 8.08. The molecule has 1 fully saturated rings. The maximum absolute atomic E-state index is 4.21. The summed E-state index contributed by atoms with van der Waals surface area (Å²) >= 11 is 1.82. The summed E-state index contributed by atoms with van der Waals surface area (Å²) in [6.07, 6.45) is 4.60. The van der Waals surface area contributed by atoms with Gasteiger partial charge in [-0.25, -0.2) is 4.31 Å². The van der Waals surface area contributed by atoms with E-state index in [-0.39, 0.29) is 0 Å². The van der Waals surface area contributed by atoms with Crippen molar-refractivity contribution in [1.29, 1.82) is 0 Å². The van der Waals surface area contributed by atoms with Crippen LogP contribution in [-0.4, -0.2) is 36.4 Å². The lowest BCUT2D eigenvalue weighted by Gasteiger charge is -2.24. The lowest BCUT2D eigenvalue weighted by molar-refractivity contribution is 0.489. The van der Waals surface area contributed by atoms with Crippen LogP contribution in [0.2, 0.25) is 0 Å². The highest BCUT2D eigenvalue weighted by Gasteiger charge is 2.12. The van der Waals surface area contributed by atoms with Crippen molar-refractivity contribution in [3.05, 3.63) is 0 Å². The van der Waals surface area contributed by atoms with E-state index >= 15 is 0 Å². The fraction of sp³-hybridized carbons (Fsp3) is 0.857. The number of rotatable bonds is 1. The van der Waals surface area contributed by atoms with Gasteiger partial charge in [-0.2, -0.15) is 0 Å². The summed E-state index contributed by atoms with van der Waals surface area (Å²) in [5.74, 6) is 0. The molecule has 2 nitrogen and oxygen atoms in total. The summed E-state index contributed by atoms with van der Waals surface area (Å²) in [5.41, 5.74) is 1.35. The molecule has 3 heteroatoms. The molecule has 1 saturated heterocycles. The van der Waals surface area contributed by atoms with Crippen LogP contribution in [0.4, 0.5) is 0 Å². The van der Waals surface area contributed by atoms with Crippen LogP contribution in [0.25, 0.3) is 0 Å². The standard InChI is InChI=1S/C7H14N2S/c1-8-7-4-3-5-9(6-7)10-2/h3-6H2,1-2H3. The number of hydrogen-bond acceptors (Lipinski definition) is 3. The fourth-order valence-electron chi connectivity index (χ4n) is 1.16. The molecule has 0 N–H and O–H groups in total. The lowest BCUT2D eigenvalue weighted by atomic mass is 10.1. The molecule has 1 aliphatic rings. The minimum atomic E-state index is 1.07. The van der Waals surface area contributed by atoms with Crippen molar-refractivity contribution in [2.75, 3.05) is 26.4 Å². The van der Waals surface area contributed by atoms with E-state index in [4.69, 9.17) is 0 Å². The molecule has 1 heterocycles. The first-order valence-corrected chi connectivity index (χ1v) is 4.78. The molecule has 0 amide bonds. The minimum absolute atomic E-state index is 1.07. The third kappa shape index (κ3) is 1.99. The van der Waals surface area contributed by atoms with Crippen molar-refractivity contribution in [2.45, 2.75) is 12.8 Å². The fourth-order valence-corrected chi connectivity index (χ4v) is 1.75. The molecule has 0 atom stereocenters. The summed E-state index contributed by atoms with van der Waals surface area (Å²) in [4.78, 5) is 4.21. The molecule has 0 aromatic rings. The predicted molar refractivity (Wildman–Crippen MR) is 47.7 cm³/mol. The van der Waals surface area contributed by atoms with Gasteiger partial charge in [-0.15, -0.1) is 0 Å². The van der Waals surface area contributed by atoms with Crippen LogP contribution in [0.1, 0.15) is 12.8 Å². The van der Waals surface area contributed by atoms with E-state index in [1.807, 2.05) is 19.0 Å². The summed E-state index contributed by atoms with van der Waals surface area (Å²) in [6, 6.07) is 0. The van der Waals surface area contributed by atoms with E-state index in [1.165, 1.54) is 25.1 Å². The third-order valence-electron chi connectivity index (χ3n) is 1.81. The molecule has 0 spiro atoms. The summed E-state index contributed by atoms with van der Waals surface area (Å²) in [6.45, 7) is 2.29. The Kier molecular flexibility index (Phi) is 3.22. The number of aliphatic imine (C=N–C) groups is 1. The van der Waals surface area contributed by atoms with Crippen molar-refractivity contribution in [3.8, 4) is 0 Å². The monoisotopic (exact) mass is 158 g/mol. The van der Waals surface area contributed by atoms with Gasteiger partial charge in [-0.05, 0) is 19.1 Å². The van der Waals surface area contributed by atoms with Crippen LogP contribution >= 0.6 is 11.9 Å². The first-order chi connectivity index (χ1) is 4.86. The smallest absolute Gasteiger partial charge is 0.0470 e. The molecular weight excluding hydrogens is 144 g/mol.